The minimum absolute atomic E-state index is 0.235. The average molecular weight is 249 g/mol. The molecule has 1 aromatic carbocycles. The zero-order chi connectivity index (χ0) is 13.0. The molecular formula is C15H23NO2. The molecule has 2 rings (SSSR count). The van der Waals surface area contributed by atoms with E-state index < -0.39 is 5.60 Å². The number of rotatable bonds is 4. The van der Waals surface area contributed by atoms with Crippen LogP contribution in [-0.4, -0.2) is 30.9 Å². The molecule has 3 heteroatoms. The highest BCUT2D eigenvalue weighted by Crippen LogP contribution is 2.27. The van der Waals surface area contributed by atoms with Gasteiger partial charge in [-0.3, -0.25) is 0 Å². The Kier molecular flexibility index (Phi) is 4.38. The zero-order valence-corrected chi connectivity index (χ0v) is 11.3. The predicted molar refractivity (Wildman–Crippen MR) is 72.6 cm³/mol. The van der Waals surface area contributed by atoms with Crippen LogP contribution in [-0.2, 0) is 16.8 Å². The topological polar surface area (TPSA) is 41.5 Å². The summed E-state index contributed by atoms with van der Waals surface area (Å²) in [5, 5.41) is 14.1. The highest BCUT2D eigenvalue weighted by atomic mass is 16.5. The van der Waals surface area contributed by atoms with Crippen LogP contribution >= 0.6 is 0 Å². The number of aliphatic hydroxyl groups is 1. The van der Waals surface area contributed by atoms with E-state index in [0.29, 0.717) is 13.0 Å². The van der Waals surface area contributed by atoms with Gasteiger partial charge in [-0.15, -0.1) is 0 Å². The molecule has 0 aliphatic carbocycles. The average Bonchev–Trinajstić information content (AvgIpc) is 2.39. The van der Waals surface area contributed by atoms with E-state index in [-0.39, 0.29) is 6.04 Å². The molecule has 0 radical (unpaired) electrons. The molecule has 2 N–H and O–H groups in total. The number of morpholine rings is 1. The van der Waals surface area contributed by atoms with Crippen molar-refractivity contribution in [2.24, 2.45) is 0 Å². The van der Waals surface area contributed by atoms with E-state index >= 15 is 0 Å². The van der Waals surface area contributed by atoms with Crippen LogP contribution in [0.2, 0.25) is 0 Å². The minimum atomic E-state index is -0.802. The van der Waals surface area contributed by atoms with Gasteiger partial charge in [0, 0.05) is 12.6 Å². The first-order chi connectivity index (χ1) is 8.62. The first kappa shape index (κ1) is 13.5. The van der Waals surface area contributed by atoms with Gasteiger partial charge in [0.1, 0.15) is 0 Å². The third-order valence-electron chi connectivity index (χ3n) is 3.60. The van der Waals surface area contributed by atoms with Crippen LogP contribution in [0.5, 0.6) is 0 Å². The van der Waals surface area contributed by atoms with Crippen LogP contribution in [0.25, 0.3) is 0 Å². The van der Waals surface area contributed by atoms with E-state index in [2.05, 4.69) is 24.4 Å². The number of hydrogen-bond donors (Lipinski definition) is 2. The largest absolute Gasteiger partial charge is 0.385 e. The lowest BCUT2D eigenvalue weighted by atomic mass is 9.88. The van der Waals surface area contributed by atoms with Gasteiger partial charge >= 0.3 is 0 Å². The fourth-order valence-electron chi connectivity index (χ4n) is 2.47. The van der Waals surface area contributed by atoms with Crippen molar-refractivity contribution in [3.63, 3.8) is 0 Å². The van der Waals surface area contributed by atoms with Crippen molar-refractivity contribution in [3.8, 4) is 0 Å². The molecule has 0 aromatic heterocycles. The summed E-state index contributed by atoms with van der Waals surface area (Å²) in [6, 6.07) is 8.46. The Labute approximate surface area is 109 Å². The number of ether oxygens (including phenoxy) is 1. The molecule has 1 heterocycles. The lowest BCUT2D eigenvalue weighted by Crippen LogP contribution is -2.45. The van der Waals surface area contributed by atoms with Crippen LogP contribution in [0, 0.1) is 0 Å². The molecule has 1 aromatic rings. The Morgan fingerprint density at radius 2 is 2.33 bits per heavy atom. The zero-order valence-electron chi connectivity index (χ0n) is 11.3. The van der Waals surface area contributed by atoms with Crippen LogP contribution in [0.4, 0.5) is 0 Å². The lowest BCUT2D eigenvalue weighted by Gasteiger charge is -2.32. The van der Waals surface area contributed by atoms with Crippen LogP contribution in [0.3, 0.4) is 0 Å². The fourth-order valence-corrected chi connectivity index (χ4v) is 2.47. The van der Waals surface area contributed by atoms with E-state index in [1.807, 2.05) is 19.1 Å². The van der Waals surface area contributed by atoms with Gasteiger partial charge < -0.3 is 15.2 Å². The molecule has 1 saturated heterocycles. The SMILES string of the molecule is CCc1cccc(C(C)(O)CC2COCCN2)c1. The van der Waals surface area contributed by atoms with E-state index in [4.69, 9.17) is 4.74 Å². The van der Waals surface area contributed by atoms with Gasteiger partial charge in [0.25, 0.3) is 0 Å². The molecule has 1 aliphatic heterocycles. The Morgan fingerprint density at radius 3 is 3.00 bits per heavy atom. The van der Waals surface area contributed by atoms with E-state index in [9.17, 15) is 5.11 Å². The van der Waals surface area contributed by atoms with Gasteiger partial charge in [-0.05, 0) is 30.9 Å². The summed E-state index contributed by atoms with van der Waals surface area (Å²) in [5.41, 5.74) is 1.46. The molecule has 0 bridgehead atoms. The molecule has 0 saturated carbocycles. The second kappa shape index (κ2) is 5.83. The van der Waals surface area contributed by atoms with Gasteiger partial charge in [0.2, 0.25) is 0 Å². The molecule has 18 heavy (non-hydrogen) atoms. The van der Waals surface area contributed by atoms with Gasteiger partial charge in [-0.1, -0.05) is 31.2 Å². The smallest absolute Gasteiger partial charge is 0.0884 e. The van der Waals surface area contributed by atoms with Crippen molar-refractivity contribution >= 4 is 0 Å². The summed E-state index contributed by atoms with van der Waals surface area (Å²) in [6.07, 6.45) is 1.68. The third kappa shape index (κ3) is 3.31. The highest BCUT2D eigenvalue weighted by Gasteiger charge is 2.28. The Morgan fingerprint density at radius 1 is 1.50 bits per heavy atom. The standard InChI is InChI=1S/C15H23NO2/c1-3-12-5-4-6-13(9-12)15(2,17)10-14-11-18-8-7-16-14/h4-6,9,14,16-17H,3,7-8,10-11H2,1-2H3. The number of nitrogens with one attached hydrogen (secondary N) is 1. The van der Waals surface area contributed by atoms with Crippen LogP contribution in [0.15, 0.2) is 24.3 Å². The first-order valence-electron chi connectivity index (χ1n) is 6.75. The Bertz CT molecular complexity index is 384. The first-order valence-corrected chi connectivity index (χ1v) is 6.75. The number of benzene rings is 1. The molecule has 1 fully saturated rings. The summed E-state index contributed by atoms with van der Waals surface area (Å²) >= 11 is 0. The van der Waals surface area contributed by atoms with Crippen molar-refractivity contribution in [1.82, 2.24) is 5.32 Å². The summed E-state index contributed by atoms with van der Waals surface area (Å²) in [5.74, 6) is 0. The summed E-state index contributed by atoms with van der Waals surface area (Å²) in [4.78, 5) is 0. The molecule has 0 amide bonds. The normalized spacial score (nSPS) is 23.6. The second-order valence-electron chi connectivity index (χ2n) is 5.26. The van der Waals surface area contributed by atoms with Crippen molar-refractivity contribution in [2.75, 3.05) is 19.8 Å². The molecular weight excluding hydrogens is 226 g/mol. The second-order valence-corrected chi connectivity index (χ2v) is 5.26. The number of aryl methyl sites for hydroxylation is 1. The van der Waals surface area contributed by atoms with Crippen molar-refractivity contribution in [1.29, 1.82) is 0 Å². The lowest BCUT2D eigenvalue weighted by molar-refractivity contribution is 0.00318. The highest BCUT2D eigenvalue weighted by molar-refractivity contribution is 5.28. The maximum absolute atomic E-state index is 10.7. The predicted octanol–water partition coefficient (Wildman–Crippen LogP) is 1.83. The third-order valence-corrected chi connectivity index (χ3v) is 3.60. The van der Waals surface area contributed by atoms with Crippen LogP contribution < -0.4 is 5.32 Å². The summed E-state index contributed by atoms with van der Waals surface area (Å²) in [7, 11) is 0. The van der Waals surface area contributed by atoms with E-state index in [1.54, 1.807) is 0 Å². The van der Waals surface area contributed by atoms with Crippen molar-refractivity contribution < 1.29 is 9.84 Å². The van der Waals surface area contributed by atoms with E-state index in [1.165, 1.54) is 5.56 Å². The number of hydrogen-bond acceptors (Lipinski definition) is 3. The van der Waals surface area contributed by atoms with Crippen LogP contribution in [0.1, 0.15) is 31.4 Å². The maximum atomic E-state index is 10.7. The monoisotopic (exact) mass is 249 g/mol. The van der Waals surface area contributed by atoms with Crippen molar-refractivity contribution in [3.05, 3.63) is 35.4 Å². The molecule has 2 unspecified atom stereocenters. The van der Waals surface area contributed by atoms with E-state index in [0.717, 1.165) is 25.1 Å². The summed E-state index contributed by atoms with van der Waals surface area (Å²) < 4.78 is 5.44. The molecule has 3 nitrogen and oxygen atoms in total. The molecule has 2 atom stereocenters. The van der Waals surface area contributed by atoms with Gasteiger partial charge in [-0.2, -0.15) is 0 Å². The molecule has 100 valence electrons. The quantitative estimate of drug-likeness (QED) is 0.855. The van der Waals surface area contributed by atoms with Gasteiger partial charge in [0.05, 0.1) is 18.8 Å². The maximum Gasteiger partial charge on any atom is 0.0884 e. The Balaban J connectivity index is 2.08. The van der Waals surface area contributed by atoms with Crippen molar-refractivity contribution in [2.45, 2.75) is 38.3 Å². The summed E-state index contributed by atoms with van der Waals surface area (Å²) in [6.45, 7) is 6.34. The minimum Gasteiger partial charge on any atom is -0.385 e. The van der Waals surface area contributed by atoms with Gasteiger partial charge in [-0.25, -0.2) is 0 Å². The molecule has 1 aliphatic rings. The van der Waals surface area contributed by atoms with Gasteiger partial charge in [0.15, 0.2) is 0 Å². The Hall–Kier alpha value is -0.900. The fraction of sp³-hybridized carbons (Fsp3) is 0.600. The molecule has 0 spiro atoms.